The van der Waals surface area contributed by atoms with Crippen molar-refractivity contribution < 1.29 is 9.84 Å². The molecule has 0 atom stereocenters. The van der Waals surface area contributed by atoms with Crippen molar-refractivity contribution in [1.29, 1.82) is 5.26 Å². The summed E-state index contributed by atoms with van der Waals surface area (Å²) in [6.07, 6.45) is 7.76. The number of hydrogen-bond donors (Lipinski definition) is 3. The molecule has 0 unspecified atom stereocenters. The number of piperidine rings is 2. The molecule has 0 bridgehead atoms. The molecular formula is C25H32N6O2. The number of fused-ring (bicyclic) bond motifs is 2. The van der Waals surface area contributed by atoms with E-state index in [1.807, 2.05) is 6.07 Å². The summed E-state index contributed by atoms with van der Waals surface area (Å²) in [7, 11) is 0. The van der Waals surface area contributed by atoms with Crippen LogP contribution in [0, 0.1) is 11.3 Å². The van der Waals surface area contributed by atoms with Crippen LogP contribution in [0.1, 0.15) is 66.3 Å². The number of ether oxygens (including phenoxy) is 1. The molecule has 1 aromatic heterocycles. The van der Waals surface area contributed by atoms with Crippen molar-refractivity contribution in [2.24, 2.45) is 0 Å². The van der Waals surface area contributed by atoms with Crippen LogP contribution in [-0.4, -0.2) is 46.1 Å². The highest BCUT2D eigenvalue weighted by molar-refractivity contribution is 5.73. The largest absolute Gasteiger partial charge is 0.507 e. The molecule has 2 fully saturated rings. The Kier molecular flexibility index (Phi) is 6.00. The van der Waals surface area contributed by atoms with E-state index in [-0.39, 0.29) is 11.4 Å². The molecule has 1 aromatic carbocycles. The number of anilines is 2. The van der Waals surface area contributed by atoms with E-state index >= 15 is 0 Å². The molecule has 0 aliphatic carbocycles. The molecule has 5 rings (SSSR count). The second-order valence-corrected chi connectivity index (χ2v) is 9.48. The van der Waals surface area contributed by atoms with Crippen molar-refractivity contribution >= 4 is 11.5 Å². The number of likely N-dealkylation sites (tertiary alicyclic amines) is 2. The van der Waals surface area contributed by atoms with Gasteiger partial charge in [-0.15, -0.1) is 0 Å². The van der Waals surface area contributed by atoms with Gasteiger partial charge >= 0.3 is 0 Å². The van der Waals surface area contributed by atoms with Gasteiger partial charge in [0.1, 0.15) is 28.9 Å². The molecule has 0 spiro atoms. The first-order chi connectivity index (χ1) is 16.0. The SMILES string of the molecule is N#Cc1c(N)nc2c(c1N)Cc1cc(CN3CCCCC3)c(O)c(CN3CCCCC3)c1O2. The highest BCUT2D eigenvalue weighted by Gasteiger charge is 2.30. The Morgan fingerprint density at radius 3 is 2.27 bits per heavy atom. The molecule has 4 heterocycles. The standard InChI is InChI=1S/C25H32N6O2/c26-13-19-21(27)18-12-16-11-17(14-30-7-3-1-4-8-30)22(32)20(15-31-9-5-2-6-10-31)23(16)33-25(18)29-24(19)28/h11,32H,1-10,12,14-15H2,(H4,27,28,29). The van der Waals surface area contributed by atoms with Crippen LogP contribution in [0.3, 0.4) is 0 Å². The van der Waals surface area contributed by atoms with Crippen LogP contribution in [0.25, 0.3) is 0 Å². The first-order valence-electron chi connectivity index (χ1n) is 12.0. The van der Waals surface area contributed by atoms with Crippen molar-refractivity contribution in [2.75, 3.05) is 37.6 Å². The molecule has 0 amide bonds. The van der Waals surface area contributed by atoms with E-state index in [0.29, 0.717) is 41.6 Å². The van der Waals surface area contributed by atoms with Crippen molar-refractivity contribution in [3.8, 4) is 23.4 Å². The number of nitrogens with zero attached hydrogens (tertiary/aromatic N) is 4. The monoisotopic (exact) mass is 448 g/mol. The minimum atomic E-state index is 0.0701. The summed E-state index contributed by atoms with van der Waals surface area (Å²) >= 11 is 0. The number of aromatic hydroxyl groups is 1. The third kappa shape index (κ3) is 4.19. The molecule has 0 saturated carbocycles. The summed E-state index contributed by atoms with van der Waals surface area (Å²) < 4.78 is 6.26. The van der Waals surface area contributed by atoms with E-state index in [2.05, 4.69) is 20.9 Å². The van der Waals surface area contributed by atoms with Gasteiger partial charge < -0.3 is 21.3 Å². The highest BCUT2D eigenvalue weighted by Crippen LogP contribution is 2.46. The van der Waals surface area contributed by atoms with Crippen LogP contribution < -0.4 is 16.2 Å². The van der Waals surface area contributed by atoms with Crippen LogP contribution in [-0.2, 0) is 19.5 Å². The van der Waals surface area contributed by atoms with Crippen LogP contribution in [0.4, 0.5) is 11.5 Å². The number of benzene rings is 1. The van der Waals surface area contributed by atoms with Gasteiger partial charge in [0, 0.05) is 36.2 Å². The summed E-state index contributed by atoms with van der Waals surface area (Å²) in [5, 5.41) is 20.8. The number of nitriles is 1. The lowest BCUT2D eigenvalue weighted by atomic mass is 9.93. The van der Waals surface area contributed by atoms with Crippen molar-refractivity contribution in [2.45, 2.75) is 58.0 Å². The minimum Gasteiger partial charge on any atom is -0.507 e. The smallest absolute Gasteiger partial charge is 0.226 e. The summed E-state index contributed by atoms with van der Waals surface area (Å²) in [5.41, 5.74) is 16.2. The third-order valence-electron chi connectivity index (χ3n) is 7.19. The van der Waals surface area contributed by atoms with E-state index in [1.54, 1.807) is 0 Å². The van der Waals surface area contributed by atoms with Gasteiger partial charge in [-0.25, -0.2) is 0 Å². The normalized spacial score (nSPS) is 18.8. The second kappa shape index (κ2) is 9.08. The van der Waals surface area contributed by atoms with E-state index in [9.17, 15) is 10.4 Å². The quantitative estimate of drug-likeness (QED) is 0.554. The molecule has 2 aromatic rings. The maximum Gasteiger partial charge on any atom is 0.226 e. The molecule has 174 valence electrons. The van der Waals surface area contributed by atoms with Gasteiger partial charge in [0.2, 0.25) is 5.88 Å². The van der Waals surface area contributed by atoms with E-state index in [1.165, 1.54) is 38.5 Å². The number of phenols is 1. The number of rotatable bonds is 4. The Bertz CT molecular complexity index is 1100. The van der Waals surface area contributed by atoms with Crippen molar-refractivity contribution in [1.82, 2.24) is 14.8 Å². The molecule has 2 saturated heterocycles. The fraction of sp³-hybridized carbons (Fsp3) is 0.520. The van der Waals surface area contributed by atoms with E-state index in [0.717, 1.165) is 49.4 Å². The van der Waals surface area contributed by atoms with Gasteiger partial charge in [-0.2, -0.15) is 10.2 Å². The predicted octanol–water partition coefficient (Wildman–Crippen LogP) is 3.49. The number of phenolic OH excluding ortho intramolecular Hbond substituents is 1. The van der Waals surface area contributed by atoms with Crippen LogP contribution in [0.15, 0.2) is 6.07 Å². The molecule has 8 heteroatoms. The predicted molar refractivity (Wildman–Crippen MR) is 127 cm³/mol. The summed E-state index contributed by atoms with van der Waals surface area (Å²) in [6, 6.07) is 4.10. The van der Waals surface area contributed by atoms with Gasteiger partial charge in [0.05, 0.1) is 11.3 Å². The second-order valence-electron chi connectivity index (χ2n) is 9.48. The number of nitrogens with two attached hydrogens (primary N) is 2. The van der Waals surface area contributed by atoms with Gasteiger partial charge in [0.15, 0.2) is 0 Å². The zero-order valence-corrected chi connectivity index (χ0v) is 19.1. The van der Waals surface area contributed by atoms with Gasteiger partial charge in [0.25, 0.3) is 0 Å². The zero-order valence-electron chi connectivity index (χ0n) is 19.1. The Hall–Kier alpha value is -3.02. The average Bonchev–Trinajstić information content (AvgIpc) is 2.83. The van der Waals surface area contributed by atoms with Crippen molar-refractivity contribution in [3.05, 3.63) is 33.9 Å². The maximum atomic E-state index is 11.4. The van der Waals surface area contributed by atoms with Gasteiger partial charge in [-0.3, -0.25) is 9.80 Å². The first kappa shape index (κ1) is 21.8. The Labute approximate surface area is 194 Å². The molecule has 33 heavy (non-hydrogen) atoms. The lowest BCUT2D eigenvalue weighted by molar-refractivity contribution is 0.211. The molecule has 3 aliphatic rings. The summed E-state index contributed by atoms with van der Waals surface area (Å²) in [5.74, 6) is 1.38. The lowest BCUT2D eigenvalue weighted by Gasteiger charge is -2.31. The van der Waals surface area contributed by atoms with Crippen molar-refractivity contribution in [3.63, 3.8) is 0 Å². The Morgan fingerprint density at radius 1 is 1.00 bits per heavy atom. The van der Waals surface area contributed by atoms with E-state index < -0.39 is 0 Å². The third-order valence-corrected chi connectivity index (χ3v) is 7.19. The zero-order chi connectivity index (χ0) is 22.9. The van der Waals surface area contributed by atoms with E-state index in [4.69, 9.17) is 16.2 Å². The summed E-state index contributed by atoms with van der Waals surface area (Å²) in [4.78, 5) is 9.13. The van der Waals surface area contributed by atoms with Gasteiger partial charge in [-0.1, -0.05) is 12.8 Å². The molecule has 0 radical (unpaired) electrons. The minimum absolute atomic E-state index is 0.0701. The van der Waals surface area contributed by atoms with Gasteiger partial charge in [-0.05, 0) is 57.9 Å². The lowest BCUT2D eigenvalue weighted by Crippen LogP contribution is -2.30. The summed E-state index contributed by atoms with van der Waals surface area (Å²) in [6.45, 7) is 5.50. The number of hydrogen-bond acceptors (Lipinski definition) is 8. The Balaban J connectivity index is 1.56. The highest BCUT2D eigenvalue weighted by atomic mass is 16.5. The maximum absolute atomic E-state index is 11.4. The number of aromatic nitrogens is 1. The molecule has 5 N–H and O–H groups in total. The molecule has 8 nitrogen and oxygen atoms in total. The number of nitrogen functional groups attached to an aromatic ring is 2. The fourth-order valence-electron chi connectivity index (χ4n) is 5.36. The van der Waals surface area contributed by atoms with Crippen LogP contribution in [0.5, 0.6) is 17.4 Å². The average molecular weight is 449 g/mol. The molecule has 3 aliphatic heterocycles. The fourth-order valence-corrected chi connectivity index (χ4v) is 5.36. The van der Waals surface area contributed by atoms with Crippen LogP contribution >= 0.6 is 0 Å². The molecular weight excluding hydrogens is 416 g/mol. The Morgan fingerprint density at radius 2 is 1.64 bits per heavy atom. The number of pyridine rings is 1. The van der Waals surface area contributed by atoms with Crippen LogP contribution in [0.2, 0.25) is 0 Å². The topological polar surface area (TPSA) is 125 Å². The first-order valence-corrected chi connectivity index (χ1v) is 12.0.